The lowest BCUT2D eigenvalue weighted by Gasteiger charge is -1.96. The Bertz CT molecular complexity index is 500. The topological polar surface area (TPSA) is 0 Å². The van der Waals surface area contributed by atoms with Crippen LogP contribution in [-0.2, 0) is 0 Å². The molecule has 3 rings (SSSR count). The molecule has 2 aromatic rings. The molecule has 0 atom stereocenters. The van der Waals surface area contributed by atoms with Crippen LogP contribution < -0.4 is 21.2 Å². The summed E-state index contributed by atoms with van der Waals surface area (Å²) in [6.45, 7) is 0. The maximum atomic E-state index is 6.01. The fourth-order valence-electron chi connectivity index (χ4n) is 1.68. The van der Waals surface area contributed by atoms with Gasteiger partial charge in [-0.3, -0.25) is 0 Å². The number of fused-ring (bicyclic) bond motifs is 3. The molecule has 1 aliphatic heterocycles. The zero-order valence-electron chi connectivity index (χ0n) is 7.60. The predicted octanol–water partition coefficient (Wildman–Crippen LogP) is 1.10. The van der Waals surface area contributed by atoms with E-state index in [0.29, 0.717) is 0 Å². The lowest BCUT2D eigenvalue weighted by atomic mass is 10.1. The van der Waals surface area contributed by atoms with Gasteiger partial charge in [-0.2, -0.15) is 0 Å². The number of rotatable bonds is 0. The fourth-order valence-corrected chi connectivity index (χ4v) is 4.85. The van der Waals surface area contributed by atoms with Crippen molar-refractivity contribution < 1.29 is 21.2 Å². The average Bonchev–Trinajstić information content (AvgIpc) is 2.56. The van der Waals surface area contributed by atoms with Gasteiger partial charge in [0.2, 0.25) is 7.14 Å². The van der Waals surface area contributed by atoms with Crippen molar-refractivity contribution in [2.45, 2.75) is 0 Å². The van der Waals surface area contributed by atoms with Gasteiger partial charge in [-0.05, 0) is 36.4 Å². The molecule has 0 saturated heterocycles. The van der Waals surface area contributed by atoms with Gasteiger partial charge >= 0.3 is 21.2 Å². The quantitative estimate of drug-likeness (QED) is 0.534. The summed E-state index contributed by atoms with van der Waals surface area (Å²) in [6, 6.07) is 12.3. The van der Waals surface area contributed by atoms with Crippen molar-refractivity contribution >= 4 is 23.2 Å². The van der Waals surface area contributed by atoms with Gasteiger partial charge in [0.15, 0.2) is 0 Å². The minimum Gasteiger partial charge on any atom is -0.0843 e. The Labute approximate surface area is 108 Å². The minimum atomic E-state index is -0.0401. The van der Waals surface area contributed by atoms with Crippen molar-refractivity contribution in [1.29, 1.82) is 0 Å². The second-order valence-electron chi connectivity index (χ2n) is 3.34. The smallest absolute Gasteiger partial charge is 0.0843 e. The van der Waals surface area contributed by atoms with Crippen LogP contribution in [0, 0.1) is 7.14 Å². The first-order valence-corrected chi connectivity index (χ1v) is 7.40. The molecule has 0 fully saturated rings. The standard InChI is InChI=1S/C12H6Cl2I/c13-7-1-3-11-9(5-7)10-6-8(14)2-4-12(10)15-11/h1-6H/q+1. The van der Waals surface area contributed by atoms with Gasteiger partial charge in [-0.15, -0.1) is 0 Å². The summed E-state index contributed by atoms with van der Waals surface area (Å²) >= 11 is 12.0. The van der Waals surface area contributed by atoms with E-state index in [4.69, 9.17) is 23.2 Å². The Morgan fingerprint density at radius 3 is 1.67 bits per heavy atom. The highest BCUT2D eigenvalue weighted by atomic mass is 127. The molecule has 0 bridgehead atoms. The second kappa shape index (κ2) is 3.65. The number of halogens is 3. The fraction of sp³-hybridized carbons (Fsp3) is 0. The maximum Gasteiger partial charge on any atom is 0.359 e. The van der Waals surface area contributed by atoms with E-state index in [1.54, 1.807) is 0 Å². The normalized spacial score (nSPS) is 12.4. The van der Waals surface area contributed by atoms with Crippen molar-refractivity contribution in [3.63, 3.8) is 0 Å². The third-order valence-electron chi connectivity index (χ3n) is 2.35. The Morgan fingerprint density at radius 2 is 1.20 bits per heavy atom. The average molecular weight is 348 g/mol. The lowest BCUT2D eigenvalue weighted by Crippen LogP contribution is -3.61. The highest BCUT2D eigenvalue weighted by Crippen LogP contribution is 2.27. The molecule has 0 aromatic heterocycles. The zero-order chi connectivity index (χ0) is 10.4. The van der Waals surface area contributed by atoms with Crippen LogP contribution in [0.5, 0.6) is 0 Å². The van der Waals surface area contributed by atoms with Gasteiger partial charge in [0.05, 0.1) is 0 Å². The number of hydrogen-bond acceptors (Lipinski definition) is 0. The van der Waals surface area contributed by atoms with Crippen LogP contribution in [0.1, 0.15) is 0 Å². The van der Waals surface area contributed by atoms with Gasteiger partial charge in [-0.25, -0.2) is 0 Å². The molecule has 0 aliphatic carbocycles. The van der Waals surface area contributed by atoms with Gasteiger partial charge in [-0.1, -0.05) is 23.2 Å². The molecule has 0 amide bonds. The molecule has 1 heterocycles. The van der Waals surface area contributed by atoms with E-state index in [0.717, 1.165) is 10.0 Å². The molecule has 0 unspecified atom stereocenters. The summed E-state index contributed by atoms with van der Waals surface area (Å²) in [5.41, 5.74) is 2.54. The Kier molecular flexibility index (Phi) is 2.42. The van der Waals surface area contributed by atoms with E-state index in [1.807, 2.05) is 24.3 Å². The SMILES string of the molecule is Clc1ccc2c(c1)-c1cc(Cl)ccc1[I+]2. The molecule has 0 radical (unpaired) electrons. The van der Waals surface area contributed by atoms with E-state index in [9.17, 15) is 0 Å². The van der Waals surface area contributed by atoms with E-state index in [1.165, 1.54) is 18.3 Å². The molecule has 0 N–H and O–H groups in total. The molecular formula is C12H6Cl2I+. The van der Waals surface area contributed by atoms with Gasteiger partial charge in [0.1, 0.15) is 0 Å². The Hall–Kier alpha value is -0.250. The van der Waals surface area contributed by atoms with Crippen LogP contribution in [-0.4, -0.2) is 0 Å². The summed E-state index contributed by atoms with van der Waals surface area (Å²) in [7, 11) is 0. The first kappa shape index (κ1) is 9.94. The summed E-state index contributed by atoms with van der Waals surface area (Å²) in [5.74, 6) is 0. The highest BCUT2D eigenvalue weighted by molar-refractivity contribution is 6.31. The zero-order valence-corrected chi connectivity index (χ0v) is 11.3. The molecule has 0 spiro atoms. The first-order valence-electron chi connectivity index (χ1n) is 4.48. The van der Waals surface area contributed by atoms with Crippen LogP contribution in [0.4, 0.5) is 0 Å². The van der Waals surface area contributed by atoms with E-state index in [2.05, 4.69) is 12.1 Å². The predicted molar refractivity (Wildman–Crippen MR) is 59.3 cm³/mol. The Balaban J connectivity index is 2.28. The molecule has 2 aromatic carbocycles. The summed E-state index contributed by atoms with van der Waals surface area (Å²) < 4.78 is 2.88. The first-order chi connectivity index (χ1) is 7.24. The van der Waals surface area contributed by atoms with Crippen molar-refractivity contribution in [1.82, 2.24) is 0 Å². The highest BCUT2D eigenvalue weighted by Gasteiger charge is 2.33. The molecule has 15 heavy (non-hydrogen) atoms. The summed E-state index contributed by atoms with van der Waals surface area (Å²) in [5, 5.41) is 1.59. The maximum absolute atomic E-state index is 6.01. The minimum absolute atomic E-state index is 0.0401. The van der Waals surface area contributed by atoms with Crippen LogP contribution in [0.15, 0.2) is 36.4 Å². The van der Waals surface area contributed by atoms with Gasteiger partial charge in [0.25, 0.3) is 0 Å². The van der Waals surface area contributed by atoms with Crippen LogP contribution in [0.2, 0.25) is 10.0 Å². The summed E-state index contributed by atoms with van der Waals surface area (Å²) in [6.07, 6.45) is 0. The second-order valence-corrected chi connectivity index (χ2v) is 7.08. The van der Waals surface area contributed by atoms with Crippen molar-refractivity contribution in [3.8, 4) is 11.1 Å². The molecule has 0 nitrogen and oxygen atoms in total. The number of benzene rings is 2. The Morgan fingerprint density at radius 1 is 0.733 bits per heavy atom. The molecule has 3 heteroatoms. The van der Waals surface area contributed by atoms with E-state index in [-0.39, 0.29) is 21.2 Å². The molecule has 1 aliphatic rings. The van der Waals surface area contributed by atoms with Gasteiger partial charge in [0, 0.05) is 21.2 Å². The third kappa shape index (κ3) is 1.67. The van der Waals surface area contributed by atoms with E-state index >= 15 is 0 Å². The summed E-state index contributed by atoms with van der Waals surface area (Å²) in [4.78, 5) is 0. The molecule has 0 saturated carbocycles. The largest absolute Gasteiger partial charge is 0.359 e. The van der Waals surface area contributed by atoms with Gasteiger partial charge < -0.3 is 0 Å². The molecule has 74 valence electrons. The van der Waals surface area contributed by atoms with Crippen molar-refractivity contribution in [2.75, 3.05) is 0 Å². The third-order valence-corrected chi connectivity index (χ3v) is 5.86. The van der Waals surface area contributed by atoms with Crippen LogP contribution in [0.25, 0.3) is 11.1 Å². The van der Waals surface area contributed by atoms with E-state index < -0.39 is 0 Å². The van der Waals surface area contributed by atoms with Crippen LogP contribution in [0.3, 0.4) is 0 Å². The number of hydrogen-bond donors (Lipinski definition) is 0. The monoisotopic (exact) mass is 347 g/mol. The van der Waals surface area contributed by atoms with Crippen molar-refractivity contribution in [3.05, 3.63) is 53.6 Å². The van der Waals surface area contributed by atoms with Crippen molar-refractivity contribution in [2.24, 2.45) is 0 Å². The lowest BCUT2D eigenvalue weighted by molar-refractivity contribution is -0.589. The molecular weight excluding hydrogens is 342 g/mol. The van der Waals surface area contributed by atoms with Crippen LogP contribution >= 0.6 is 23.2 Å².